The molecule has 0 aliphatic rings. The molecule has 108 valence electrons. The number of anilines is 2. The summed E-state index contributed by atoms with van der Waals surface area (Å²) in [5.41, 5.74) is 7.83. The van der Waals surface area contributed by atoms with Gasteiger partial charge >= 0.3 is 0 Å². The van der Waals surface area contributed by atoms with Crippen molar-refractivity contribution in [1.29, 1.82) is 5.26 Å². The van der Waals surface area contributed by atoms with Crippen molar-refractivity contribution in [2.75, 3.05) is 10.5 Å². The normalized spacial score (nSPS) is 10.9. The van der Waals surface area contributed by atoms with Crippen LogP contribution in [0.1, 0.15) is 11.1 Å². The summed E-state index contributed by atoms with van der Waals surface area (Å²) >= 11 is 0. The van der Waals surface area contributed by atoms with Crippen molar-refractivity contribution in [2.24, 2.45) is 0 Å². The van der Waals surface area contributed by atoms with Gasteiger partial charge < -0.3 is 5.73 Å². The molecule has 2 aromatic carbocycles. The second-order valence-electron chi connectivity index (χ2n) is 4.63. The van der Waals surface area contributed by atoms with Crippen LogP contribution >= 0.6 is 0 Å². The summed E-state index contributed by atoms with van der Waals surface area (Å²) in [6.45, 7) is 1.70. The van der Waals surface area contributed by atoms with Crippen LogP contribution in [0.5, 0.6) is 0 Å². The minimum Gasteiger partial charge on any atom is -0.398 e. The molecular weight excluding hydrogens is 286 g/mol. The van der Waals surface area contributed by atoms with Gasteiger partial charge in [-0.1, -0.05) is 24.3 Å². The van der Waals surface area contributed by atoms with E-state index in [0.717, 1.165) is 5.56 Å². The smallest absolute Gasteiger partial charge is 0.264 e. The maximum atomic E-state index is 12.4. The molecule has 0 saturated heterocycles. The number of aryl methyl sites for hydroxylation is 1. The van der Waals surface area contributed by atoms with Crippen molar-refractivity contribution in [3.05, 3.63) is 53.6 Å². The Kier molecular flexibility index (Phi) is 4.15. The SMILES string of the molecule is Cc1cccc(N)c1S(=O)(=O)Nc1ccc(CC#N)cc1. The zero-order chi connectivity index (χ0) is 15.5. The predicted octanol–water partition coefficient (Wildman–Crippen LogP) is 2.44. The maximum Gasteiger partial charge on any atom is 0.264 e. The van der Waals surface area contributed by atoms with Crippen LogP contribution in [0.25, 0.3) is 0 Å². The summed E-state index contributed by atoms with van der Waals surface area (Å²) < 4.78 is 27.3. The van der Waals surface area contributed by atoms with Gasteiger partial charge in [-0.25, -0.2) is 8.42 Å². The first-order chi connectivity index (χ1) is 9.94. The minimum atomic E-state index is -3.74. The largest absolute Gasteiger partial charge is 0.398 e. The van der Waals surface area contributed by atoms with E-state index in [0.29, 0.717) is 11.3 Å². The second kappa shape index (κ2) is 5.85. The highest BCUT2D eigenvalue weighted by Crippen LogP contribution is 2.25. The molecule has 6 heteroatoms. The lowest BCUT2D eigenvalue weighted by molar-refractivity contribution is 0.601. The van der Waals surface area contributed by atoms with Crippen LogP contribution in [-0.2, 0) is 16.4 Å². The number of nitrogen functional groups attached to an aromatic ring is 1. The summed E-state index contributed by atoms with van der Waals surface area (Å²) in [6, 6.07) is 13.7. The van der Waals surface area contributed by atoms with Gasteiger partial charge in [-0.3, -0.25) is 4.72 Å². The Bertz CT molecular complexity index is 770. The molecule has 3 N–H and O–H groups in total. The molecule has 0 aliphatic carbocycles. The molecule has 2 rings (SSSR count). The summed E-state index contributed by atoms with van der Waals surface area (Å²) in [4.78, 5) is 0.0890. The minimum absolute atomic E-state index is 0.0890. The maximum absolute atomic E-state index is 12.4. The quantitative estimate of drug-likeness (QED) is 0.848. The van der Waals surface area contributed by atoms with Crippen molar-refractivity contribution < 1.29 is 8.42 Å². The average Bonchev–Trinajstić information content (AvgIpc) is 2.40. The van der Waals surface area contributed by atoms with E-state index in [1.165, 1.54) is 0 Å². The molecular formula is C15H15N3O2S. The number of hydrogen-bond donors (Lipinski definition) is 2. The number of sulfonamides is 1. The lowest BCUT2D eigenvalue weighted by Crippen LogP contribution is -2.16. The number of rotatable bonds is 4. The Balaban J connectivity index is 2.32. The van der Waals surface area contributed by atoms with Crippen LogP contribution in [-0.4, -0.2) is 8.42 Å². The van der Waals surface area contributed by atoms with Crippen LogP contribution in [0.2, 0.25) is 0 Å². The predicted molar refractivity (Wildman–Crippen MR) is 82.2 cm³/mol. The third-order valence-electron chi connectivity index (χ3n) is 3.00. The molecule has 0 spiro atoms. The number of hydrogen-bond acceptors (Lipinski definition) is 4. The van der Waals surface area contributed by atoms with Crippen molar-refractivity contribution in [3.63, 3.8) is 0 Å². The van der Waals surface area contributed by atoms with E-state index in [1.54, 1.807) is 49.4 Å². The van der Waals surface area contributed by atoms with Crippen LogP contribution < -0.4 is 10.5 Å². The van der Waals surface area contributed by atoms with Crippen LogP contribution in [0.15, 0.2) is 47.4 Å². The van der Waals surface area contributed by atoms with Crippen LogP contribution in [0.3, 0.4) is 0 Å². The van der Waals surface area contributed by atoms with Gasteiger partial charge in [0.1, 0.15) is 4.90 Å². The monoisotopic (exact) mass is 301 g/mol. The van der Waals surface area contributed by atoms with Crippen molar-refractivity contribution in [1.82, 2.24) is 0 Å². The Labute approximate surface area is 124 Å². The van der Waals surface area contributed by atoms with Crippen molar-refractivity contribution >= 4 is 21.4 Å². The lowest BCUT2D eigenvalue weighted by Gasteiger charge is -2.12. The standard InChI is InChI=1S/C15H15N3O2S/c1-11-3-2-4-14(17)15(11)21(19,20)18-13-7-5-12(6-8-13)9-10-16/h2-8,18H,9,17H2,1H3. The fraction of sp³-hybridized carbons (Fsp3) is 0.133. The van der Waals surface area contributed by atoms with Gasteiger partial charge in [-0.2, -0.15) is 5.26 Å². The molecule has 0 unspecified atom stereocenters. The molecule has 0 aromatic heterocycles. The van der Waals surface area contributed by atoms with Crippen molar-refractivity contribution in [2.45, 2.75) is 18.2 Å². The molecule has 5 nitrogen and oxygen atoms in total. The molecule has 0 radical (unpaired) electrons. The molecule has 0 aliphatic heterocycles. The highest BCUT2D eigenvalue weighted by Gasteiger charge is 2.19. The van der Waals surface area contributed by atoms with E-state index in [2.05, 4.69) is 4.72 Å². The lowest BCUT2D eigenvalue weighted by atomic mass is 10.1. The number of nitrogens with two attached hydrogens (primary N) is 1. The van der Waals surface area contributed by atoms with Gasteiger partial charge in [0.05, 0.1) is 18.2 Å². The average molecular weight is 301 g/mol. The fourth-order valence-corrected chi connectivity index (χ4v) is 3.45. The highest BCUT2D eigenvalue weighted by molar-refractivity contribution is 7.93. The van der Waals surface area contributed by atoms with Gasteiger partial charge in [0.15, 0.2) is 0 Å². The van der Waals surface area contributed by atoms with Crippen LogP contribution in [0.4, 0.5) is 11.4 Å². The van der Waals surface area contributed by atoms with E-state index >= 15 is 0 Å². The number of benzene rings is 2. The van der Waals surface area contributed by atoms with Gasteiger partial charge in [0.25, 0.3) is 10.0 Å². The summed E-state index contributed by atoms with van der Waals surface area (Å²) in [5, 5.41) is 8.61. The van der Waals surface area contributed by atoms with E-state index in [4.69, 9.17) is 11.0 Å². The highest BCUT2D eigenvalue weighted by atomic mass is 32.2. The third kappa shape index (κ3) is 3.33. The Morgan fingerprint density at radius 2 is 1.86 bits per heavy atom. The molecule has 0 atom stereocenters. The van der Waals surface area contributed by atoms with Gasteiger partial charge in [0, 0.05) is 5.69 Å². The van der Waals surface area contributed by atoms with E-state index in [1.807, 2.05) is 6.07 Å². The number of nitrogens with one attached hydrogen (secondary N) is 1. The molecule has 0 saturated carbocycles. The first kappa shape index (κ1) is 14.9. The zero-order valence-electron chi connectivity index (χ0n) is 11.5. The number of nitriles is 1. The molecule has 21 heavy (non-hydrogen) atoms. The van der Waals surface area contributed by atoms with Crippen LogP contribution in [0, 0.1) is 18.3 Å². The third-order valence-corrected chi connectivity index (χ3v) is 4.60. The fourth-order valence-electron chi connectivity index (χ4n) is 2.03. The Morgan fingerprint density at radius 3 is 2.43 bits per heavy atom. The van der Waals surface area contributed by atoms with Gasteiger partial charge in [0.2, 0.25) is 0 Å². The van der Waals surface area contributed by atoms with E-state index in [9.17, 15) is 8.42 Å². The molecule has 0 fully saturated rings. The first-order valence-electron chi connectivity index (χ1n) is 6.28. The van der Waals surface area contributed by atoms with Gasteiger partial charge in [-0.15, -0.1) is 0 Å². The summed E-state index contributed by atoms with van der Waals surface area (Å²) in [7, 11) is -3.74. The Hall–Kier alpha value is -2.52. The molecule has 0 amide bonds. The second-order valence-corrected chi connectivity index (χ2v) is 6.25. The number of nitrogens with zero attached hydrogens (tertiary/aromatic N) is 1. The van der Waals surface area contributed by atoms with Gasteiger partial charge in [-0.05, 0) is 36.2 Å². The Morgan fingerprint density at radius 1 is 1.19 bits per heavy atom. The molecule has 0 heterocycles. The molecule has 2 aromatic rings. The zero-order valence-corrected chi connectivity index (χ0v) is 12.3. The summed E-state index contributed by atoms with van der Waals surface area (Å²) in [6.07, 6.45) is 0.289. The molecule has 0 bridgehead atoms. The van der Waals surface area contributed by atoms with E-state index in [-0.39, 0.29) is 17.0 Å². The van der Waals surface area contributed by atoms with E-state index < -0.39 is 10.0 Å². The summed E-state index contributed by atoms with van der Waals surface area (Å²) in [5.74, 6) is 0. The topological polar surface area (TPSA) is 96.0 Å². The first-order valence-corrected chi connectivity index (χ1v) is 7.76. The van der Waals surface area contributed by atoms with Crippen molar-refractivity contribution in [3.8, 4) is 6.07 Å².